The van der Waals surface area contributed by atoms with Crippen LogP contribution < -0.4 is 5.32 Å². The fraction of sp³-hybridized carbons (Fsp3) is 0.500. The maximum Gasteiger partial charge on any atom is 0.220 e. The summed E-state index contributed by atoms with van der Waals surface area (Å²) in [6.45, 7) is 8.89. The van der Waals surface area contributed by atoms with Crippen molar-refractivity contribution in [3.05, 3.63) is 58.8 Å². The van der Waals surface area contributed by atoms with Crippen LogP contribution in [0.1, 0.15) is 66.9 Å². The lowest BCUT2D eigenvalue weighted by molar-refractivity contribution is -0.121. The van der Waals surface area contributed by atoms with Crippen molar-refractivity contribution in [3.8, 4) is 0 Å². The van der Waals surface area contributed by atoms with Crippen LogP contribution in [0.3, 0.4) is 0 Å². The Hall–Kier alpha value is -2.80. The van der Waals surface area contributed by atoms with Crippen LogP contribution in [0.15, 0.2) is 30.6 Å². The maximum atomic E-state index is 12.1. The van der Waals surface area contributed by atoms with E-state index >= 15 is 0 Å². The van der Waals surface area contributed by atoms with Crippen LogP contribution >= 0.6 is 0 Å². The van der Waals surface area contributed by atoms with Crippen molar-refractivity contribution in [2.45, 2.75) is 65.5 Å². The fourth-order valence-corrected chi connectivity index (χ4v) is 4.53. The molecule has 0 spiro atoms. The highest BCUT2D eigenvalue weighted by molar-refractivity contribution is 5.76. The number of nitrogens with one attached hydrogen (secondary N) is 1. The number of hydrogen-bond acceptors (Lipinski definition) is 5. The van der Waals surface area contributed by atoms with Crippen molar-refractivity contribution < 1.29 is 4.79 Å². The summed E-state index contributed by atoms with van der Waals surface area (Å²) in [5.74, 6) is 0.0969. The molecule has 0 bridgehead atoms. The van der Waals surface area contributed by atoms with Gasteiger partial charge >= 0.3 is 0 Å². The maximum absolute atomic E-state index is 12.1. The van der Waals surface area contributed by atoms with Gasteiger partial charge in [-0.25, -0.2) is 9.50 Å². The van der Waals surface area contributed by atoms with Crippen LogP contribution in [0.25, 0.3) is 5.65 Å². The van der Waals surface area contributed by atoms with E-state index in [-0.39, 0.29) is 5.91 Å². The average molecular weight is 421 g/mol. The van der Waals surface area contributed by atoms with E-state index in [9.17, 15) is 4.79 Å². The zero-order chi connectivity index (χ0) is 21.8. The molecular formula is C24H32N6O. The first-order valence-corrected chi connectivity index (χ1v) is 11.3. The lowest BCUT2D eigenvalue weighted by atomic mass is 10.1. The second kappa shape index (κ2) is 9.56. The molecule has 0 unspecified atom stereocenters. The third-order valence-corrected chi connectivity index (χ3v) is 6.20. The number of likely N-dealkylation sites (tertiary alicyclic amines) is 1. The van der Waals surface area contributed by atoms with Crippen molar-refractivity contribution in [2.75, 3.05) is 13.1 Å². The van der Waals surface area contributed by atoms with Gasteiger partial charge in [-0.2, -0.15) is 5.10 Å². The lowest BCUT2D eigenvalue weighted by Crippen LogP contribution is -2.24. The molecular weight excluding hydrogens is 388 g/mol. The van der Waals surface area contributed by atoms with Gasteiger partial charge < -0.3 is 5.32 Å². The zero-order valence-corrected chi connectivity index (χ0v) is 18.8. The lowest BCUT2D eigenvalue weighted by Gasteiger charge is -2.22. The molecule has 3 aromatic rings. The first kappa shape index (κ1) is 21.4. The Kier molecular flexibility index (Phi) is 6.61. The molecule has 1 amide bonds. The van der Waals surface area contributed by atoms with E-state index < -0.39 is 0 Å². The van der Waals surface area contributed by atoms with Gasteiger partial charge in [0.05, 0.1) is 11.7 Å². The summed E-state index contributed by atoms with van der Waals surface area (Å²) < 4.78 is 1.96. The third-order valence-electron chi connectivity index (χ3n) is 6.20. The van der Waals surface area contributed by atoms with Gasteiger partial charge in [0.25, 0.3) is 0 Å². The van der Waals surface area contributed by atoms with E-state index in [0.29, 0.717) is 18.9 Å². The Bertz CT molecular complexity index is 1050. The Labute approximate surface area is 183 Å². The molecule has 1 aliphatic rings. The van der Waals surface area contributed by atoms with E-state index in [1.807, 2.05) is 23.8 Å². The molecule has 1 N–H and O–H groups in total. The first-order chi connectivity index (χ1) is 15.1. The minimum atomic E-state index is 0.0969. The molecule has 1 aliphatic heterocycles. The highest BCUT2D eigenvalue weighted by Gasteiger charge is 2.28. The largest absolute Gasteiger partial charge is 0.356 e. The topological polar surface area (TPSA) is 75.4 Å². The van der Waals surface area contributed by atoms with E-state index in [2.05, 4.69) is 47.2 Å². The summed E-state index contributed by atoms with van der Waals surface area (Å²) in [6.07, 6.45) is 8.10. The van der Waals surface area contributed by atoms with E-state index in [0.717, 1.165) is 60.8 Å². The number of aromatic nitrogens is 4. The number of pyridine rings is 1. The van der Waals surface area contributed by atoms with E-state index in [4.69, 9.17) is 10.1 Å². The normalized spacial score (nSPS) is 16.8. The number of nitrogens with zero attached hydrogens (tertiary/aromatic N) is 5. The van der Waals surface area contributed by atoms with Gasteiger partial charge in [-0.05, 0) is 69.3 Å². The Morgan fingerprint density at radius 3 is 2.84 bits per heavy atom. The average Bonchev–Trinajstić information content (AvgIpc) is 3.39. The van der Waals surface area contributed by atoms with Crippen LogP contribution in [-0.2, 0) is 17.8 Å². The number of fused-ring (bicyclic) bond motifs is 1. The van der Waals surface area contributed by atoms with Gasteiger partial charge in [0.15, 0.2) is 5.65 Å². The molecule has 1 saturated heterocycles. The third kappa shape index (κ3) is 4.77. The summed E-state index contributed by atoms with van der Waals surface area (Å²) in [4.78, 5) is 23.5. The van der Waals surface area contributed by atoms with Crippen LogP contribution in [0.4, 0.5) is 0 Å². The van der Waals surface area contributed by atoms with Gasteiger partial charge in [0, 0.05) is 49.4 Å². The van der Waals surface area contributed by atoms with E-state index in [1.165, 1.54) is 12.0 Å². The molecule has 4 rings (SSSR count). The summed E-state index contributed by atoms with van der Waals surface area (Å²) in [5, 5.41) is 7.92. The molecule has 1 fully saturated rings. The van der Waals surface area contributed by atoms with Crippen molar-refractivity contribution in [3.63, 3.8) is 0 Å². The monoisotopic (exact) mass is 420 g/mol. The zero-order valence-electron chi connectivity index (χ0n) is 18.8. The van der Waals surface area contributed by atoms with Gasteiger partial charge in [-0.15, -0.1) is 0 Å². The van der Waals surface area contributed by atoms with Crippen LogP contribution in [0, 0.1) is 13.8 Å². The molecule has 1 atom stereocenters. The van der Waals surface area contributed by atoms with E-state index in [1.54, 1.807) is 0 Å². The molecule has 0 aliphatic carbocycles. The molecule has 31 heavy (non-hydrogen) atoms. The fourth-order valence-electron chi connectivity index (χ4n) is 4.53. The van der Waals surface area contributed by atoms with Crippen molar-refractivity contribution in [2.24, 2.45) is 0 Å². The predicted molar refractivity (Wildman–Crippen MR) is 121 cm³/mol. The van der Waals surface area contributed by atoms with Crippen molar-refractivity contribution in [1.82, 2.24) is 29.8 Å². The van der Waals surface area contributed by atoms with Gasteiger partial charge in [0.1, 0.15) is 0 Å². The number of amides is 1. The quantitative estimate of drug-likeness (QED) is 0.603. The van der Waals surface area contributed by atoms with Gasteiger partial charge in [-0.1, -0.05) is 6.92 Å². The molecule has 0 aromatic carbocycles. The van der Waals surface area contributed by atoms with Crippen molar-refractivity contribution in [1.29, 1.82) is 0 Å². The molecule has 0 radical (unpaired) electrons. The molecule has 7 nitrogen and oxygen atoms in total. The molecule has 7 heteroatoms. The molecule has 4 heterocycles. The van der Waals surface area contributed by atoms with Crippen LogP contribution in [-0.4, -0.2) is 43.5 Å². The molecule has 0 saturated carbocycles. The minimum absolute atomic E-state index is 0.0969. The Morgan fingerprint density at radius 1 is 1.26 bits per heavy atom. The summed E-state index contributed by atoms with van der Waals surface area (Å²) in [7, 11) is 0. The Morgan fingerprint density at radius 2 is 2.06 bits per heavy atom. The summed E-state index contributed by atoms with van der Waals surface area (Å²) in [5.41, 5.74) is 6.43. The van der Waals surface area contributed by atoms with Crippen molar-refractivity contribution >= 4 is 11.6 Å². The number of hydrogen-bond donors (Lipinski definition) is 1. The SMILES string of the molecule is CCCNC(=O)CCc1c(C)nc2cc([C@H]3CCCN3Cc3ccncc3)nn2c1C. The summed E-state index contributed by atoms with van der Waals surface area (Å²) >= 11 is 0. The highest BCUT2D eigenvalue weighted by atomic mass is 16.1. The second-order valence-corrected chi connectivity index (χ2v) is 8.43. The van der Waals surface area contributed by atoms with Gasteiger partial charge in [0.2, 0.25) is 5.91 Å². The first-order valence-electron chi connectivity index (χ1n) is 11.3. The highest BCUT2D eigenvalue weighted by Crippen LogP contribution is 2.33. The smallest absolute Gasteiger partial charge is 0.220 e. The van der Waals surface area contributed by atoms with Crippen LogP contribution in [0.2, 0.25) is 0 Å². The number of aryl methyl sites for hydroxylation is 2. The molecule has 164 valence electrons. The molecule has 3 aromatic heterocycles. The Balaban J connectivity index is 1.55. The minimum Gasteiger partial charge on any atom is -0.356 e. The second-order valence-electron chi connectivity index (χ2n) is 8.43. The summed E-state index contributed by atoms with van der Waals surface area (Å²) in [6, 6.07) is 6.60. The number of rotatable bonds is 8. The number of carbonyl (C=O) groups is 1. The van der Waals surface area contributed by atoms with Gasteiger partial charge in [-0.3, -0.25) is 14.7 Å². The predicted octanol–water partition coefficient (Wildman–Crippen LogP) is 3.54. The number of carbonyl (C=O) groups excluding carboxylic acids is 1. The van der Waals surface area contributed by atoms with Crippen LogP contribution in [0.5, 0.6) is 0 Å². The standard InChI is InChI=1S/C24H32N6O/c1-4-11-26-24(31)8-7-20-17(2)27-23-15-21(28-30(23)18(20)3)22-6-5-14-29(22)16-19-9-12-25-13-10-19/h9-10,12-13,15,22H,4-8,11,14,16H2,1-3H3,(H,26,31)/t22-/m1/s1.